The van der Waals surface area contributed by atoms with Crippen molar-refractivity contribution in [3.63, 3.8) is 0 Å². The highest BCUT2D eigenvalue weighted by Gasteiger charge is 2.31. The van der Waals surface area contributed by atoms with Crippen LogP contribution < -0.4 is 20.7 Å². The van der Waals surface area contributed by atoms with E-state index in [1.165, 1.54) is 4.57 Å². The van der Waals surface area contributed by atoms with Crippen molar-refractivity contribution < 1.29 is 14.6 Å². The van der Waals surface area contributed by atoms with Crippen LogP contribution in [0.15, 0.2) is 52.1 Å². The second-order valence-corrected chi connectivity index (χ2v) is 7.69. The van der Waals surface area contributed by atoms with Gasteiger partial charge in [-0.15, -0.1) is 0 Å². The molecule has 1 heterocycles. The molecule has 1 aromatic heterocycles. The lowest BCUT2D eigenvalue weighted by molar-refractivity contribution is 0.354. The van der Waals surface area contributed by atoms with E-state index in [4.69, 9.17) is 9.47 Å². The van der Waals surface area contributed by atoms with Gasteiger partial charge in [0, 0.05) is 11.6 Å². The standard InChI is InChI=1S/C24H26N2O5/c1-4-19-22(16-6-10-18(27)11-7-16)26(17-8-9-17)24(29)25(23(19)28)14-15-5-12-20(30-2)21(13-15)31-3/h5-7,10-13,17,27H,4,8-9,14H2,1-3H3. The fraction of sp³-hybridized carbons (Fsp3) is 0.333. The summed E-state index contributed by atoms with van der Waals surface area (Å²) in [6, 6.07) is 12.1. The number of aromatic nitrogens is 2. The Balaban J connectivity index is 1.89. The Labute approximate surface area is 180 Å². The molecule has 1 fully saturated rings. The first-order valence-corrected chi connectivity index (χ1v) is 10.4. The largest absolute Gasteiger partial charge is 0.508 e. The van der Waals surface area contributed by atoms with Gasteiger partial charge in [-0.05, 0) is 66.8 Å². The van der Waals surface area contributed by atoms with E-state index in [0.717, 1.165) is 24.0 Å². The van der Waals surface area contributed by atoms with Gasteiger partial charge in [0.15, 0.2) is 11.5 Å². The minimum atomic E-state index is -0.317. The Kier molecular flexibility index (Phi) is 5.59. The van der Waals surface area contributed by atoms with Crippen LogP contribution >= 0.6 is 0 Å². The Morgan fingerprint density at radius 3 is 2.26 bits per heavy atom. The average molecular weight is 422 g/mol. The van der Waals surface area contributed by atoms with Gasteiger partial charge in [-0.3, -0.25) is 13.9 Å². The summed E-state index contributed by atoms with van der Waals surface area (Å²) in [4.78, 5) is 26.9. The first kappa shape index (κ1) is 20.8. The van der Waals surface area contributed by atoms with Crippen LogP contribution in [0.4, 0.5) is 0 Å². The molecular formula is C24H26N2O5. The zero-order valence-electron chi connectivity index (χ0n) is 17.9. The van der Waals surface area contributed by atoms with E-state index in [1.54, 1.807) is 55.2 Å². The molecule has 0 aliphatic heterocycles. The van der Waals surface area contributed by atoms with E-state index >= 15 is 0 Å². The Hall–Kier alpha value is -3.48. The molecule has 0 amide bonds. The lowest BCUT2D eigenvalue weighted by Crippen LogP contribution is -2.42. The predicted molar refractivity (Wildman–Crippen MR) is 118 cm³/mol. The molecule has 31 heavy (non-hydrogen) atoms. The molecule has 4 rings (SSSR count). The number of benzene rings is 2. The van der Waals surface area contributed by atoms with Crippen molar-refractivity contribution in [3.05, 3.63) is 74.4 Å². The normalized spacial score (nSPS) is 13.3. The van der Waals surface area contributed by atoms with E-state index < -0.39 is 0 Å². The van der Waals surface area contributed by atoms with Crippen LogP contribution in [0.5, 0.6) is 17.2 Å². The second-order valence-electron chi connectivity index (χ2n) is 7.69. The Morgan fingerprint density at radius 1 is 1.00 bits per heavy atom. The van der Waals surface area contributed by atoms with Crippen LogP contribution in [-0.4, -0.2) is 28.5 Å². The van der Waals surface area contributed by atoms with Gasteiger partial charge in [-0.25, -0.2) is 4.79 Å². The zero-order valence-corrected chi connectivity index (χ0v) is 17.9. The molecule has 0 atom stereocenters. The average Bonchev–Trinajstić information content (AvgIpc) is 3.62. The minimum absolute atomic E-state index is 0.0823. The fourth-order valence-corrected chi connectivity index (χ4v) is 3.95. The first-order chi connectivity index (χ1) is 15.0. The topological polar surface area (TPSA) is 82.7 Å². The van der Waals surface area contributed by atoms with Crippen LogP contribution in [0.25, 0.3) is 11.3 Å². The molecular weight excluding hydrogens is 396 g/mol. The SMILES string of the molecule is CCc1c(-c2ccc(O)cc2)n(C2CC2)c(=O)n(Cc2ccc(OC)c(OC)c2)c1=O. The van der Waals surface area contributed by atoms with Gasteiger partial charge in [0.2, 0.25) is 0 Å². The summed E-state index contributed by atoms with van der Waals surface area (Å²) in [6.45, 7) is 2.07. The number of phenolic OH excluding ortho intramolecular Hbond substituents is 1. The van der Waals surface area contributed by atoms with Gasteiger partial charge in [0.1, 0.15) is 5.75 Å². The highest BCUT2D eigenvalue weighted by atomic mass is 16.5. The molecule has 0 unspecified atom stereocenters. The molecule has 162 valence electrons. The monoisotopic (exact) mass is 422 g/mol. The number of aromatic hydroxyl groups is 1. The molecule has 3 aromatic rings. The van der Waals surface area contributed by atoms with Crippen molar-refractivity contribution in [1.82, 2.24) is 9.13 Å². The van der Waals surface area contributed by atoms with Crippen LogP contribution in [0.1, 0.15) is 36.9 Å². The predicted octanol–water partition coefficient (Wildman–Crippen LogP) is 3.35. The third kappa shape index (κ3) is 3.83. The molecule has 7 heteroatoms. The molecule has 1 N–H and O–H groups in total. The zero-order chi connectivity index (χ0) is 22.1. The van der Waals surface area contributed by atoms with Crippen LogP contribution in [-0.2, 0) is 13.0 Å². The fourth-order valence-electron chi connectivity index (χ4n) is 3.95. The smallest absolute Gasteiger partial charge is 0.332 e. The summed E-state index contributed by atoms with van der Waals surface area (Å²) in [6.07, 6.45) is 2.30. The quantitative estimate of drug-likeness (QED) is 0.631. The minimum Gasteiger partial charge on any atom is -0.508 e. The van der Waals surface area contributed by atoms with Gasteiger partial charge < -0.3 is 14.6 Å². The summed E-state index contributed by atoms with van der Waals surface area (Å²) in [5, 5.41) is 9.66. The van der Waals surface area contributed by atoms with Gasteiger partial charge in [0.05, 0.1) is 26.5 Å². The molecule has 7 nitrogen and oxygen atoms in total. The number of hydrogen-bond donors (Lipinski definition) is 1. The molecule has 1 aliphatic carbocycles. The maximum absolute atomic E-state index is 13.5. The summed E-state index contributed by atoms with van der Waals surface area (Å²) in [5.74, 6) is 1.28. The van der Waals surface area contributed by atoms with E-state index in [9.17, 15) is 14.7 Å². The second kappa shape index (κ2) is 8.34. The lowest BCUT2D eigenvalue weighted by Gasteiger charge is -2.19. The number of ether oxygens (including phenoxy) is 2. The van der Waals surface area contributed by atoms with Crippen molar-refractivity contribution in [2.75, 3.05) is 14.2 Å². The summed E-state index contributed by atoms with van der Waals surface area (Å²) in [5.41, 5.74) is 2.18. The molecule has 0 radical (unpaired) electrons. The maximum Gasteiger partial charge on any atom is 0.332 e. The van der Waals surface area contributed by atoms with E-state index in [2.05, 4.69) is 0 Å². The third-order valence-electron chi connectivity index (χ3n) is 5.66. The van der Waals surface area contributed by atoms with Crippen molar-refractivity contribution in [2.24, 2.45) is 0 Å². The van der Waals surface area contributed by atoms with Crippen molar-refractivity contribution in [2.45, 2.75) is 38.8 Å². The summed E-state index contributed by atoms with van der Waals surface area (Å²) >= 11 is 0. The van der Waals surface area contributed by atoms with Crippen LogP contribution in [0.3, 0.4) is 0 Å². The summed E-state index contributed by atoms with van der Waals surface area (Å²) in [7, 11) is 3.11. The van der Waals surface area contributed by atoms with E-state index in [1.807, 2.05) is 13.0 Å². The van der Waals surface area contributed by atoms with Crippen LogP contribution in [0, 0.1) is 0 Å². The first-order valence-electron chi connectivity index (χ1n) is 10.4. The highest BCUT2D eigenvalue weighted by Crippen LogP contribution is 2.38. The number of hydrogen-bond acceptors (Lipinski definition) is 5. The van der Waals surface area contributed by atoms with Crippen molar-refractivity contribution in [1.29, 1.82) is 0 Å². The molecule has 0 spiro atoms. The number of phenols is 1. The Bertz CT molecular complexity index is 1220. The third-order valence-corrected chi connectivity index (χ3v) is 5.66. The van der Waals surface area contributed by atoms with Gasteiger partial charge in [0.25, 0.3) is 5.56 Å². The molecule has 1 aliphatic rings. The molecule has 0 saturated heterocycles. The van der Waals surface area contributed by atoms with Gasteiger partial charge >= 0.3 is 5.69 Å². The molecule has 0 bridgehead atoms. The van der Waals surface area contributed by atoms with E-state index in [0.29, 0.717) is 29.2 Å². The summed E-state index contributed by atoms with van der Waals surface area (Å²) < 4.78 is 13.7. The molecule has 1 saturated carbocycles. The lowest BCUT2D eigenvalue weighted by atomic mass is 10.0. The highest BCUT2D eigenvalue weighted by molar-refractivity contribution is 5.64. The van der Waals surface area contributed by atoms with Gasteiger partial charge in [-0.2, -0.15) is 0 Å². The Morgan fingerprint density at radius 2 is 1.68 bits per heavy atom. The molecule has 2 aromatic carbocycles. The van der Waals surface area contributed by atoms with Gasteiger partial charge in [-0.1, -0.05) is 13.0 Å². The number of nitrogens with zero attached hydrogens (tertiary/aromatic N) is 2. The van der Waals surface area contributed by atoms with Crippen LogP contribution in [0.2, 0.25) is 0 Å². The maximum atomic E-state index is 13.5. The number of methoxy groups -OCH3 is 2. The van der Waals surface area contributed by atoms with Crippen molar-refractivity contribution in [3.8, 4) is 28.5 Å². The van der Waals surface area contributed by atoms with E-state index in [-0.39, 0.29) is 29.6 Å². The van der Waals surface area contributed by atoms with Crippen molar-refractivity contribution >= 4 is 0 Å². The number of rotatable bonds is 7.